The number of carbonyl (C=O) groups excluding carboxylic acids is 1. The molecule has 1 aromatic carbocycles. The van der Waals surface area contributed by atoms with Crippen LogP contribution in [0.1, 0.15) is 17.3 Å². The van der Waals surface area contributed by atoms with Crippen LogP contribution in [0, 0.1) is 0 Å². The van der Waals surface area contributed by atoms with Gasteiger partial charge in [-0.2, -0.15) is 0 Å². The standard InChI is InChI=1S/C15H13B2N3OS/c1-20-14(21)6-12(19-15(20)18)13-4-9(7-22-13)8-2-10(16)5-11(17)3-8/h2-5,7,12H,6H2,1H3,(H2,18,19)/t12-/m0/s1. The Hall–Kier alpha value is -2.01. The van der Waals surface area contributed by atoms with Crippen LogP contribution in [0.15, 0.2) is 34.6 Å². The summed E-state index contributed by atoms with van der Waals surface area (Å²) in [5, 5.41) is 2.01. The molecule has 0 fully saturated rings. The van der Waals surface area contributed by atoms with Crippen molar-refractivity contribution in [2.75, 3.05) is 7.05 Å². The zero-order valence-corrected chi connectivity index (χ0v) is 12.9. The number of rotatable bonds is 2. The number of aliphatic imine (C=N–C) groups is 1. The summed E-state index contributed by atoms with van der Waals surface area (Å²) in [6.45, 7) is 0. The molecule has 0 saturated carbocycles. The van der Waals surface area contributed by atoms with E-state index in [1.807, 2.05) is 23.6 Å². The Kier molecular flexibility index (Phi) is 3.83. The molecule has 7 heteroatoms. The van der Waals surface area contributed by atoms with Crippen molar-refractivity contribution in [1.82, 2.24) is 4.90 Å². The molecule has 2 N–H and O–H groups in total. The number of nitrogens with zero attached hydrogens (tertiary/aromatic N) is 2. The summed E-state index contributed by atoms with van der Waals surface area (Å²) in [4.78, 5) is 18.7. The van der Waals surface area contributed by atoms with Crippen LogP contribution in [0.25, 0.3) is 11.1 Å². The highest BCUT2D eigenvalue weighted by Gasteiger charge is 2.26. The van der Waals surface area contributed by atoms with E-state index in [9.17, 15) is 4.79 Å². The summed E-state index contributed by atoms with van der Waals surface area (Å²) in [6, 6.07) is 7.26. The van der Waals surface area contributed by atoms with Crippen molar-refractivity contribution in [2.24, 2.45) is 10.7 Å². The highest BCUT2D eigenvalue weighted by atomic mass is 32.1. The van der Waals surface area contributed by atoms with E-state index in [4.69, 9.17) is 21.4 Å². The van der Waals surface area contributed by atoms with Crippen molar-refractivity contribution in [3.8, 4) is 11.1 Å². The molecule has 1 atom stereocenters. The normalized spacial score (nSPS) is 18.4. The maximum atomic E-state index is 11.9. The third-order valence-electron chi connectivity index (χ3n) is 3.63. The molecule has 106 valence electrons. The second kappa shape index (κ2) is 5.65. The average molecular weight is 305 g/mol. The third-order valence-corrected chi connectivity index (χ3v) is 4.67. The molecule has 3 rings (SSSR count). The number of amides is 1. The van der Waals surface area contributed by atoms with Gasteiger partial charge in [-0.25, -0.2) is 4.99 Å². The fraction of sp³-hybridized carbons (Fsp3) is 0.200. The fourth-order valence-corrected chi connectivity index (χ4v) is 3.36. The minimum Gasteiger partial charge on any atom is -0.369 e. The van der Waals surface area contributed by atoms with Crippen LogP contribution in [0.2, 0.25) is 0 Å². The first-order valence-corrected chi connectivity index (χ1v) is 7.66. The molecule has 2 heterocycles. The largest absolute Gasteiger partial charge is 0.369 e. The number of guanidine groups is 1. The molecular formula is C15H13B2N3OS. The quantitative estimate of drug-likeness (QED) is 0.807. The number of benzene rings is 1. The van der Waals surface area contributed by atoms with Gasteiger partial charge >= 0.3 is 0 Å². The summed E-state index contributed by atoms with van der Waals surface area (Å²) in [5.41, 5.74) is 9.00. The van der Waals surface area contributed by atoms with Crippen LogP contribution in [0.4, 0.5) is 0 Å². The second-order valence-corrected chi connectivity index (χ2v) is 6.23. The third kappa shape index (κ3) is 2.81. The van der Waals surface area contributed by atoms with E-state index in [2.05, 4.69) is 4.99 Å². The summed E-state index contributed by atoms with van der Waals surface area (Å²) < 4.78 is 0. The van der Waals surface area contributed by atoms with Gasteiger partial charge in [-0.15, -0.1) is 11.3 Å². The van der Waals surface area contributed by atoms with Gasteiger partial charge in [0.15, 0.2) is 5.96 Å². The van der Waals surface area contributed by atoms with E-state index in [0.29, 0.717) is 17.3 Å². The lowest BCUT2D eigenvalue weighted by Crippen LogP contribution is -2.42. The lowest BCUT2D eigenvalue weighted by Gasteiger charge is -2.24. The molecule has 0 spiro atoms. The molecule has 2 aromatic rings. The van der Waals surface area contributed by atoms with Crippen molar-refractivity contribution in [3.05, 3.63) is 34.5 Å². The number of nitrogens with two attached hydrogens (primary N) is 1. The van der Waals surface area contributed by atoms with E-state index in [-0.39, 0.29) is 17.9 Å². The Morgan fingerprint density at radius 1 is 1.23 bits per heavy atom. The van der Waals surface area contributed by atoms with Gasteiger partial charge < -0.3 is 5.73 Å². The monoisotopic (exact) mass is 305 g/mol. The van der Waals surface area contributed by atoms with Gasteiger partial charge in [0.1, 0.15) is 15.7 Å². The lowest BCUT2D eigenvalue weighted by molar-refractivity contribution is -0.127. The highest BCUT2D eigenvalue weighted by molar-refractivity contribution is 7.10. The summed E-state index contributed by atoms with van der Waals surface area (Å²) in [7, 11) is 13.3. The first-order chi connectivity index (χ1) is 10.4. The Bertz CT molecular complexity index is 752. The first-order valence-electron chi connectivity index (χ1n) is 6.78. The maximum Gasteiger partial charge on any atom is 0.231 e. The highest BCUT2D eigenvalue weighted by Crippen LogP contribution is 2.33. The van der Waals surface area contributed by atoms with Crippen LogP contribution in [0.3, 0.4) is 0 Å². The second-order valence-electron chi connectivity index (χ2n) is 5.29. The smallest absolute Gasteiger partial charge is 0.231 e. The molecule has 4 radical (unpaired) electrons. The van der Waals surface area contributed by atoms with E-state index in [0.717, 1.165) is 16.0 Å². The van der Waals surface area contributed by atoms with Crippen molar-refractivity contribution in [1.29, 1.82) is 0 Å². The molecule has 0 saturated heterocycles. The average Bonchev–Trinajstić information content (AvgIpc) is 2.93. The minimum atomic E-state index is -0.221. The van der Waals surface area contributed by atoms with Gasteiger partial charge in [-0.3, -0.25) is 9.69 Å². The molecule has 1 aliphatic heterocycles. The first kappa shape index (κ1) is 14.9. The lowest BCUT2D eigenvalue weighted by atomic mass is 9.84. The van der Waals surface area contributed by atoms with Gasteiger partial charge in [0.05, 0.1) is 12.5 Å². The van der Waals surface area contributed by atoms with Crippen molar-refractivity contribution in [3.63, 3.8) is 0 Å². The van der Waals surface area contributed by atoms with Crippen LogP contribution in [-0.4, -0.2) is 39.5 Å². The SMILES string of the molecule is [B]c1cc([B])cc(-c2csc([C@@H]3CC(=O)N(C)C(N)=N3)c2)c1. The van der Waals surface area contributed by atoms with Crippen LogP contribution >= 0.6 is 11.3 Å². The summed E-state index contributed by atoms with van der Waals surface area (Å²) >= 11 is 1.55. The van der Waals surface area contributed by atoms with E-state index in [1.54, 1.807) is 24.5 Å². The molecule has 4 nitrogen and oxygen atoms in total. The van der Waals surface area contributed by atoms with Crippen molar-refractivity contribution in [2.45, 2.75) is 12.5 Å². The predicted octanol–water partition coefficient (Wildman–Crippen LogP) is 0.221. The number of hydrogen-bond donors (Lipinski definition) is 1. The Morgan fingerprint density at radius 3 is 2.55 bits per heavy atom. The van der Waals surface area contributed by atoms with E-state index in [1.165, 1.54) is 4.90 Å². The maximum absolute atomic E-state index is 11.9. The molecule has 1 aliphatic rings. The Balaban J connectivity index is 1.93. The minimum absolute atomic E-state index is 0.0272. The van der Waals surface area contributed by atoms with Crippen LogP contribution in [0.5, 0.6) is 0 Å². The van der Waals surface area contributed by atoms with Gasteiger partial charge in [-0.1, -0.05) is 29.1 Å². The van der Waals surface area contributed by atoms with Gasteiger partial charge in [-0.05, 0) is 22.6 Å². The number of hydrogen-bond acceptors (Lipinski definition) is 4. The van der Waals surface area contributed by atoms with Crippen molar-refractivity contribution >= 4 is 49.8 Å². The molecule has 0 bridgehead atoms. The molecule has 1 amide bonds. The van der Waals surface area contributed by atoms with Gasteiger partial charge in [0.25, 0.3) is 0 Å². The fourth-order valence-electron chi connectivity index (χ4n) is 2.41. The molecule has 0 unspecified atom stereocenters. The Labute approximate surface area is 135 Å². The summed E-state index contributed by atoms with van der Waals surface area (Å²) in [5.74, 6) is 0.227. The van der Waals surface area contributed by atoms with Gasteiger partial charge in [0.2, 0.25) is 5.91 Å². The molecular weight excluding hydrogens is 292 g/mol. The van der Waals surface area contributed by atoms with Crippen molar-refractivity contribution < 1.29 is 4.79 Å². The zero-order chi connectivity index (χ0) is 15.9. The predicted molar refractivity (Wildman–Crippen MR) is 92.3 cm³/mol. The molecule has 22 heavy (non-hydrogen) atoms. The van der Waals surface area contributed by atoms with E-state index < -0.39 is 0 Å². The number of carbonyl (C=O) groups is 1. The van der Waals surface area contributed by atoms with Gasteiger partial charge in [0, 0.05) is 11.9 Å². The van der Waals surface area contributed by atoms with E-state index >= 15 is 0 Å². The topological polar surface area (TPSA) is 58.7 Å². The zero-order valence-electron chi connectivity index (χ0n) is 12.1. The van der Waals surface area contributed by atoms with Crippen LogP contribution in [-0.2, 0) is 4.79 Å². The summed E-state index contributed by atoms with van der Waals surface area (Å²) in [6.07, 6.45) is 0.330. The Morgan fingerprint density at radius 2 is 1.91 bits per heavy atom. The molecule has 0 aliphatic carbocycles. The molecule has 1 aromatic heterocycles. The number of thiophene rings is 1. The van der Waals surface area contributed by atoms with Crippen LogP contribution < -0.4 is 16.7 Å².